The molecule has 0 aliphatic rings. The Morgan fingerprint density at radius 1 is 0.765 bits per heavy atom. The monoisotopic (exact) mass is 296 g/mol. The molecule has 0 saturated carbocycles. The standard InChI is InChI=1S/C16H25Br/c1-15(2,3)10-12-7-13(9-14(17)8-12)11-16(4,5)6/h7-9H,10-11H2,1-6H3. The normalized spacial score (nSPS) is 12.9. The van der Waals surface area contributed by atoms with Gasteiger partial charge in [0.1, 0.15) is 0 Å². The molecule has 96 valence electrons. The van der Waals surface area contributed by atoms with E-state index in [-0.39, 0.29) is 0 Å². The van der Waals surface area contributed by atoms with E-state index in [1.54, 1.807) is 0 Å². The van der Waals surface area contributed by atoms with Gasteiger partial charge in [0.2, 0.25) is 0 Å². The topological polar surface area (TPSA) is 0 Å². The van der Waals surface area contributed by atoms with Crippen molar-refractivity contribution < 1.29 is 0 Å². The van der Waals surface area contributed by atoms with E-state index in [1.165, 1.54) is 15.6 Å². The van der Waals surface area contributed by atoms with Crippen LogP contribution in [0.5, 0.6) is 0 Å². The molecule has 0 amide bonds. The minimum Gasteiger partial charge on any atom is -0.0599 e. The molecule has 1 rings (SSSR count). The molecular formula is C16H25Br. The summed E-state index contributed by atoms with van der Waals surface area (Å²) >= 11 is 3.63. The van der Waals surface area contributed by atoms with E-state index in [2.05, 4.69) is 75.7 Å². The third-order valence-electron chi connectivity index (χ3n) is 2.49. The van der Waals surface area contributed by atoms with Crippen LogP contribution in [-0.4, -0.2) is 0 Å². The molecule has 17 heavy (non-hydrogen) atoms. The maximum Gasteiger partial charge on any atom is 0.0180 e. The second kappa shape index (κ2) is 5.14. The van der Waals surface area contributed by atoms with E-state index in [4.69, 9.17) is 0 Å². The van der Waals surface area contributed by atoms with Gasteiger partial charge in [-0.05, 0) is 46.9 Å². The molecule has 0 nitrogen and oxygen atoms in total. The Morgan fingerprint density at radius 3 is 1.41 bits per heavy atom. The highest BCUT2D eigenvalue weighted by molar-refractivity contribution is 9.10. The van der Waals surface area contributed by atoms with Crippen LogP contribution in [0.1, 0.15) is 52.7 Å². The molecular weight excluding hydrogens is 272 g/mol. The molecule has 0 spiro atoms. The molecule has 0 atom stereocenters. The lowest BCUT2D eigenvalue weighted by Gasteiger charge is -2.21. The lowest BCUT2D eigenvalue weighted by molar-refractivity contribution is 0.405. The second-order valence-corrected chi connectivity index (χ2v) is 8.36. The molecule has 0 radical (unpaired) electrons. The fraction of sp³-hybridized carbons (Fsp3) is 0.625. The van der Waals surface area contributed by atoms with E-state index >= 15 is 0 Å². The molecule has 1 heteroatoms. The molecule has 1 aromatic rings. The number of benzene rings is 1. The Kier molecular flexibility index (Phi) is 4.46. The molecule has 0 aliphatic heterocycles. The van der Waals surface area contributed by atoms with E-state index in [0.29, 0.717) is 10.8 Å². The van der Waals surface area contributed by atoms with Crippen LogP contribution in [0.3, 0.4) is 0 Å². The Labute approximate surface area is 115 Å². The van der Waals surface area contributed by atoms with Gasteiger partial charge < -0.3 is 0 Å². The Morgan fingerprint density at radius 2 is 1.12 bits per heavy atom. The zero-order valence-electron chi connectivity index (χ0n) is 12.0. The van der Waals surface area contributed by atoms with Crippen LogP contribution in [0.25, 0.3) is 0 Å². The van der Waals surface area contributed by atoms with Gasteiger partial charge in [-0.2, -0.15) is 0 Å². The molecule has 0 bridgehead atoms. The summed E-state index contributed by atoms with van der Waals surface area (Å²) in [5.74, 6) is 0. The van der Waals surface area contributed by atoms with Crippen LogP contribution >= 0.6 is 15.9 Å². The van der Waals surface area contributed by atoms with Crippen LogP contribution in [0.2, 0.25) is 0 Å². The summed E-state index contributed by atoms with van der Waals surface area (Å²) in [7, 11) is 0. The van der Waals surface area contributed by atoms with E-state index in [1.807, 2.05) is 0 Å². The number of halogens is 1. The number of hydrogen-bond acceptors (Lipinski definition) is 0. The molecule has 0 aliphatic carbocycles. The molecule has 0 fully saturated rings. The van der Waals surface area contributed by atoms with Gasteiger partial charge in [0.25, 0.3) is 0 Å². The predicted octanol–water partition coefficient (Wildman–Crippen LogP) is 5.63. The summed E-state index contributed by atoms with van der Waals surface area (Å²) in [6.07, 6.45) is 2.26. The maximum atomic E-state index is 3.63. The van der Waals surface area contributed by atoms with Gasteiger partial charge in [-0.3, -0.25) is 0 Å². The van der Waals surface area contributed by atoms with Gasteiger partial charge in [-0.25, -0.2) is 0 Å². The molecule has 0 aromatic heterocycles. The number of rotatable bonds is 2. The van der Waals surface area contributed by atoms with Crippen LogP contribution in [-0.2, 0) is 12.8 Å². The van der Waals surface area contributed by atoms with Crippen molar-refractivity contribution in [2.75, 3.05) is 0 Å². The smallest absolute Gasteiger partial charge is 0.0180 e. The first-order chi connectivity index (χ1) is 7.55. The summed E-state index contributed by atoms with van der Waals surface area (Å²) < 4.78 is 1.21. The lowest BCUT2D eigenvalue weighted by atomic mass is 9.85. The zero-order chi connectivity index (χ0) is 13.3. The third kappa shape index (κ3) is 6.26. The van der Waals surface area contributed by atoms with Crippen LogP contribution in [0, 0.1) is 10.8 Å². The average molecular weight is 297 g/mol. The number of hydrogen-bond donors (Lipinski definition) is 0. The highest BCUT2D eigenvalue weighted by Gasteiger charge is 2.15. The van der Waals surface area contributed by atoms with Gasteiger partial charge in [0.05, 0.1) is 0 Å². The summed E-state index contributed by atoms with van der Waals surface area (Å²) in [4.78, 5) is 0. The van der Waals surface area contributed by atoms with Crippen LogP contribution < -0.4 is 0 Å². The van der Waals surface area contributed by atoms with Crippen LogP contribution in [0.15, 0.2) is 22.7 Å². The van der Waals surface area contributed by atoms with E-state index in [0.717, 1.165) is 12.8 Å². The highest BCUT2D eigenvalue weighted by atomic mass is 79.9. The fourth-order valence-corrected chi connectivity index (χ4v) is 2.73. The molecule has 0 N–H and O–H groups in total. The van der Waals surface area contributed by atoms with Crippen molar-refractivity contribution in [1.82, 2.24) is 0 Å². The average Bonchev–Trinajstić information content (AvgIpc) is 1.93. The Hall–Kier alpha value is -0.300. The summed E-state index contributed by atoms with van der Waals surface area (Å²) in [5, 5.41) is 0. The molecule has 0 unspecified atom stereocenters. The van der Waals surface area contributed by atoms with Gasteiger partial charge >= 0.3 is 0 Å². The largest absolute Gasteiger partial charge is 0.0599 e. The summed E-state index contributed by atoms with van der Waals surface area (Å²) in [6.45, 7) is 13.7. The van der Waals surface area contributed by atoms with Crippen molar-refractivity contribution in [2.24, 2.45) is 10.8 Å². The first-order valence-electron chi connectivity index (χ1n) is 6.34. The zero-order valence-corrected chi connectivity index (χ0v) is 13.6. The first-order valence-corrected chi connectivity index (χ1v) is 7.13. The Balaban J connectivity index is 2.95. The summed E-state index contributed by atoms with van der Waals surface area (Å²) in [6, 6.07) is 6.86. The quantitative estimate of drug-likeness (QED) is 0.664. The van der Waals surface area contributed by atoms with Gasteiger partial charge in [-0.1, -0.05) is 63.5 Å². The second-order valence-electron chi connectivity index (χ2n) is 7.44. The summed E-state index contributed by atoms with van der Waals surface area (Å²) in [5.41, 5.74) is 3.57. The van der Waals surface area contributed by atoms with Crippen molar-refractivity contribution in [1.29, 1.82) is 0 Å². The van der Waals surface area contributed by atoms with Crippen molar-refractivity contribution in [3.63, 3.8) is 0 Å². The van der Waals surface area contributed by atoms with Crippen molar-refractivity contribution >= 4 is 15.9 Å². The lowest BCUT2D eigenvalue weighted by Crippen LogP contribution is -2.12. The Bertz CT molecular complexity index is 343. The maximum absolute atomic E-state index is 3.63. The van der Waals surface area contributed by atoms with Gasteiger partial charge in [-0.15, -0.1) is 0 Å². The van der Waals surface area contributed by atoms with Crippen molar-refractivity contribution in [3.8, 4) is 0 Å². The first kappa shape index (κ1) is 14.8. The molecule has 0 saturated heterocycles. The van der Waals surface area contributed by atoms with Crippen LogP contribution in [0.4, 0.5) is 0 Å². The van der Waals surface area contributed by atoms with Crippen molar-refractivity contribution in [2.45, 2.75) is 54.4 Å². The molecule has 0 heterocycles. The van der Waals surface area contributed by atoms with E-state index in [9.17, 15) is 0 Å². The predicted molar refractivity (Wildman–Crippen MR) is 80.5 cm³/mol. The minimum atomic E-state index is 0.347. The van der Waals surface area contributed by atoms with Gasteiger partial charge in [0.15, 0.2) is 0 Å². The molecule has 1 aromatic carbocycles. The third-order valence-corrected chi connectivity index (χ3v) is 2.94. The fourth-order valence-electron chi connectivity index (χ4n) is 2.15. The van der Waals surface area contributed by atoms with Crippen molar-refractivity contribution in [3.05, 3.63) is 33.8 Å². The minimum absolute atomic E-state index is 0.347. The van der Waals surface area contributed by atoms with Gasteiger partial charge in [0, 0.05) is 4.47 Å². The highest BCUT2D eigenvalue weighted by Crippen LogP contribution is 2.27. The SMILES string of the molecule is CC(C)(C)Cc1cc(Br)cc(CC(C)(C)C)c1. The van der Waals surface area contributed by atoms with E-state index < -0.39 is 0 Å².